The predicted octanol–water partition coefficient (Wildman–Crippen LogP) is 0.959. The second kappa shape index (κ2) is 5.08. The summed E-state index contributed by atoms with van der Waals surface area (Å²) < 4.78 is 0. The highest BCUT2D eigenvalue weighted by molar-refractivity contribution is 5.92. The van der Waals surface area contributed by atoms with Crippen molar-refractivity contribution < 1.29 is 4.79 Å². The summed E-state index contributed by atoms with van der Waals surface area (Å²) in [5, 5.41) is 7.02. The number of hydrogen-bond donors (Lipinski definition) is 2. The van der Waals surface area contributed by atoms with Crippen molar-refractivity contribution in [3.05, 3.63) is 45.4 Å². The van der Waals surface area contributed by atoms with E-state index < -0.39 is 0 Å². The zero-order chi connectivity index (χ0) is 15.1. The fourth-order valence-corrected chi connectivity index (χ4v) is 2.89. The van der Waals surface area contributed by atoms with Crippen molar-refractivity contribution in [3.63, 3.8) is 0 Å². The van der Waals surface area contributed by atoms with Crippen molar-refractivity contribution >= 4 is 5.91 Å². The van der Waals surface area contributed by atoms with E-state index >= 15 is 0 Å². The second-order valence-electron chi connectivity index (χ2n) is 5.99. The molecule has 22 heavy (non-hydrogen) atoms. The Morgan fingerprint density at radius 3 is 3.05 bits per heavy atom. The molecular formula is C15H17N5O2. The Labute approximate surface area is 126 Å². The molecule has 114 valence electrons. The molecule has 2 N–H and O–H groups in total. The highest BCUT2D eigenvalue weighted by Gasteiger charge is 2.28. The van der Waals surface area contributed by atoms with Crippen LogP contribution < -0.4 is 5.56 Å². The minimum atomic E-state index is -0.251. The average molecular weight is 299 g/mol. The van der Waals surface area contributed by atoms with Crippen LogP contribution in [0.4, 0.5) is 0 Å². The molecule has 7 nitrogen and oxygen atoms in total. The third kappa shape index (κ3) is 2.43. The van der Waals surface area contributed by atoms with Gasteiger partial charge in [0.15, 0.2) is 0 Å². The van der Waals surface area contributed by atoms with E-state index in [2.05, 4.69) is 20.2 Å². The van der Waals surface area contributed by atoms with Crippen molar-refractivity contribution in [2.75, 3.05) is 6.54 Å². The quantitative estimate of drug-likeness (QED) is 0.863. The van der Waals surface area contributed by atoms with Gasteiger partial charge in [0, 0.05) is 36.3 Å². The number of aromatic amines is 2. The standard InChI is InChI=1S/C15H17N5O2/c21-13-6-12(17-14(18-13)9-3-4-9)15(22)20-5-1-2-11-10(8-20)7-16-19-11/h6-7,9H,1-5,8H2,(H,16,19)(H,17,18,21). The van der Waals surface area contributed by atoms with Crippen LogP contribution in [0.5, 0.6) is 0 Å². The lowest BCUT2D eigenvalue weighted by Crippen LogP contribution is -2.32. The third-order valence-electron chi connectivity index (χ3n) is 4.25. The molecule has 0 unspecified atom stereocenters. The zero-order valence-electron chi connectivity index (χ0n) is 12.1. The second-order valence-corrected chi connectivity index (χ2v) is 5.99. The lowest BCUT2D eigenvalue weighted by Gasteiger charge is -2.19. The number of aromatic nitrogens is 4. The monoisotopic (exact) mass is 299 g/mol. The molecule has 1 fully saturated rings. The zero-order valence-corrected chi connectivity index (χ0v) is 12.1. The molecular weight excluding hydrogens is 282 g/mol. The van der Waals surface area contributed by atoms with Crippen molar-refractivity contribution in [3.8, 4) is 0 Å². The molecule has 1 aliphatic heterocycles. The van der Waals surface area contributed by atoms with Gasteiger partial charge in [-0.1, -0.05) is 0 Å². The Hall–Kier alpha value is -2.44. The Morgan fingerprint density at radius 1 is 1.36 bits per heavy atom. The summed E-state index contributed by atoms with van der Waals surface area (Å²) in [5.74, 6) is 0.779. The van der Waals surface area contributed by atoms with E-state index in [1.54, 1.807) is 11.1 Å². The molecule has 1 aliphatic carbocycles. The van der Waals surface area contributed by atoms with E-state index in [0.717, 1.165) is 36.9 Å². The van der Waals surface area contributed by atoms with E-state index in [4.69, 9.17) is 0 Å². The van der Waals surface area contributed by atoms with Crippen molar-refractivity contribution in [2.45, 2.75) is 38.1 Å². The van der Waals surface area contributed by atoms with E-state index in [1.165, 1.54) is 6.07 Å². The summed E-state index contributed by atoms with van der Waals surface area (Å²) in [6.45, 7) is 1.17. The summed E-state index contributed by atoms with van der Waals surface area (Å²) in [4.78, 5) is 33.3. The largest absolute Gasteiger partial charge is 0.333 e. The fourth-order valence-electron chi connectivity index (χ4n) is 2.89. The van der Waals surface area contributed by atoms with Crippen LogP contribution >= 0.6 is 0 Å². The van der Waals surface area contributed by atoms with Gasteiger partial charge in [0.05, 0.1) is 6.20 Å². The van der Waals surface area contributed by atoms with Crippen molar-refractivity contribution in [1.29, 1.82) is 0 Å². The number of carbonyl (C=O) groups excluding carboxylic acids is 1. The number of hydrogen-bond acceptors (Lipinski definition) is 4. The van der Waals surface area contributed by atoms with Gasteiger partial charge in [-0.15, -0.1) is 0 Å². The molecule has 0 aromatic carbocycles. The minimum Gasteiger partial charge on any atom is -0.333 e. The van der Waals surface area contributed by atoms with Crippen LogP contribution in [-0.4, -0.2) is 37.5 Å². The summed E-state index contributed by atoms with van der Waals surface area (Å²) in [7, 11) is 0. The number of H-pyrrole nitrogens is 2. The van der Waals surface area contributed by atoms with Gasteiger partial charge in [-0.2, -0.15) is 5.10 Å². The maximum absolute atomic E-state index is 12.7. The summed E-state index contributed by atoms with van der Waals surface area (Å²) in [6.07, 6.45) is 5.59. The molecule has 0 atom stereocenters. The first-order chi connectivity index (χ1) is 10.7. The van der Waals surface area contributed by atoms with Crippen LogP contribution in [0.3, 0.4) is 0 Å². The predicted molar refractivity (Wildman–Crippen MR) is 78.5 cm³/mol. The van der Waals surface area contributed by atoms with Gasteiger partial charge >= 0.3 is 0 Å². The van der Waals surface area contributed by atoms with Crippen LogP contribution in [0.1, 0.15) is 52.8 Å². The third-order valence-corrected chi connectivity index (χ3v) is 4.25. The molecule has 0 bridgehead atoms. The molecule has 0 saturated heterocycles. The van der Waals surface area contributed by atoms with E-state index in [-0.39, 0.29) is 17.2 Å². The molecule has 2 aromatic heterocycles. The number of rotatable bonds is 2. The maximum atomic E-state index is 12.7. The molecule has 1 saturated carbocycles. The molecule has 2 aromatic rings. The summed E-state index contributed by atoms with van der Waals surface area (Å²) in [6, 6.07) is 1.30. The molecule has 0 spiro atoms. The van der Waals surface area contributed by atoms with Crippen molar-refractivity contribution in [2.24, 2.45) is 0 Å². The summed E-state index contributed by atoms with van der Waals surface area (Å²) in [5.41, 5.74) is 2.13. The first-order valence-electron chi connectivity index (χ1n) is 7.62. The van der Waals surface area contributed by atoms with E-state index in [1.807, 2.05) is 0 Å². The fraction of sp³-hybridized carbons (Fsp3) is 0.467. The van der Waals surface area contributed by atoms with Crippen LogP contribution in [0, 0.1) is 0 Å². The van der Waals surface area contributed by atoms with Crippen LogP contribution in [-0.2, 0) is 13.0 Å². The number of nitrogens with zero attached hydrogens (tertiary/aromatic N) is 3. The SMILES string of the molecule is O=C(c1cc(=O)[nH]c(C2CC2)n1)N1CCCc2[nH]ncc2C1. The van der Waals surface area contributed by atoms with Gasteiger partial charge in [0.1, 0.15) is 11.5 Å². The number of amides is 1. The highest BCUT2D eigenvalue weighted by atomic mass is 16.2. The molecule has 1 amide bonds. The van der Waals surface area contributed by atoms with E-state index in [0.29, 0.717) is 24.8 Å². The van der Waals surface area contributed by atoms with Gasteiger partial charge < -0.3 is 9.88 Å². The Kier molecular flexibility index (Phi) is 3.06. The van der Waals surface area contributed by atoms with Gasteiger partial charge in [0.2, 0.25) is 0 Å². The number of fused-ring (bicyclic) bond motifs is 1. The maximum Gasteiger partial charge on any atom is 0.273 e. The molecule has 7 heteroatoms. The number of aryl methyl sites for hydroxylation is 1. The Bertz CT molecular complexity index is 774. The molecule has 0 radical (unpaired) electrons. The highest BCUT2D eigenvalue weighted by Crippen LogP contribution is 2.37. The van der Waals surface area contributed by atoms with Gasteiger partial charge in [-0.05, 0) is 25.7 Å². The minimum absolute atomic E-state index is 0.179. The summed E-state index contributed by atoms with van der Waals surface area (Å²) >= 11 is 0. The van der Waals surface area contributed by atoms with Crippen LogP contribution in [0.2, 0.25) is 0 Å². The van der Waals surface area contributed by atoms with Crippen molar-refractivity contribution in [1.82, 2.24) is 25.1 Å². The Balaban J connectivity index is 1.62. The smallest absolute Gasteiger partial charge is 0.273 e. The number of nitrogens with one attached hydrogen (secondary N) is 2. The average Bonchev–Trinajstić information content (AvgIpc) is 3.30. The molecule has 4 rings (SSSR count). The topological polar surface area (TPSA) is 94.7 Å². The number of carbonyl (C=O) groups is 1. The van der Waals surface area contributed by atoms with Crippen LogP contribution in [0.25, 0.3) is 0 Å². The van der Waals surface area contributed by atoms with E-state index in [9.17, 15) is 9.59 Å². The van der Waals surface area contributed by atoms with Gasteiger partial charge in [-0.25, -0.2) is 4.98 Å². The lowest BCUT2D eigenvalue weighted by atomic mass is 10.2. The Morgan fingerprint density at radius 2 is 2.23 bits per heavy atom. The normalized spacial score (nSPS) is 17.9. The molecule has 2 aliphatic rings. The lowest BCUT2D eigenvalue weighted by molar-refractivity contribution is 0.0739. The van der Waals surface area contributed by atoms with Crippen LogP contribution in [0.15, 0.2) is 17.1 Å². The first-order valence-corrected chi connectivity index (χ1v) is 7.62. The van der Waals surface area contributed by atoms with Gasteiger partial charge in [0.25, 0.3) is 11.5 Å². The van der Waals surface area contributed by atoms with Gasteiger partial charge in [-0.3, -0.25) is 14.7 Å². The molecule has 3 heterocycles. The first kappa shape index (κ1) is 13.2.